The Bertz CT molecular complexity index is 728. The highest BCUT2D eigenvalue weighted by Gasteiger charge is 2.50. The number of esters is 1. The van der Waals surface area contributed by atoms with Gasteiger partial charge >= 0.3 is 5.97 Å². The fourth-order valence-electron chi connectivity index (χ4n) is 6.20. The minimum absolute atomic E-state index is 0.00985. The van der Waals surface area contributed by atoms with Gasteiger partial charge in [-0.15, -0.1) is 0 Å². The van der Waals surface area contributed by atoms with Gasteiger partial charge in [-0.2, -0.15) is 0 Å². The van der Waals surface area contributed by atoms with Gasteiger partial charge in [0.25, 0.3) is 0 Å². The van der Waals surface area contributed by atoms with E-state index >= 15 is 0 Å². The molecular formula is C27H50N2O6. The average molecular weight is 499 g/mol. The summed E-state index contributed by atoms with van der Waals surface area (Å²) in [4.78, 5) is 31.0. The van der Waals surface area contributed by atoms with Crippen molar-refractivity contribution in [3.63, 3.8) is 0 Å². The van der Waals surface area contributed by atoms with Crippen molar-refractivity contribution in [1.29, 1.82) is 0 Å². The molecule has 2 fully saturated rings. The molecule has 0 aromatic rings. The van der Waals surface area contributed by atoms with E-state index in [9.17, 15) is 14.7 Å². The van der Waals surface area contributed by atoms with Crippen LogP contribution in [-0.2, 0) is 23.8 Å². The molecule has 0 unspecified atom stereocenters. The normalized spacial score (nSPS) is 40.5. The minimum Gasteiger partial charge on any atom is -0.464 e. The van der Waals surface area contributed by atoms with Gasteiger partial charge in [0.2, 0.25) is 0 Å². The van der Waals surface area contributed by atoms with Crippen LogP contribution in [0.3, 0.4) is 0 Å². The van der Waals surface area contributed by atoms with Crippen molar-refractivity contribution >= 4 is 11.8 Å². The molecule has 0 aromatic heterocycles. The zero-order chi connectivity index (χ0) is 26.7. The molecule has 8 atom stereocenters. The van der Waals surface area contributed by atoms with Gasteiger partial charge < -0.3 is 29.1 Å². The van der Waals surface area contributed by atoms with Crippen molar-refractivity contribution in [2.24, 2.45) is 23.2 Å². The van der Waals surface area contributed by atoms with Gasteiger partial charge in [-0.25, -0.2) is 0 Å². The van der Waals surface area contributed by atoms with Gasteiger partial charge in [-0.1, -0.05) is 13.8 Å². The van der Waals surface area contributed by atoms with Gasteiger partial charge in [0.15, 0.2) is 5.78 Å². The van der Waals surface area contributed by atoms with E-state index in [0.717, 1.165) is 19.4 Å². The summed E-state index contributed by atoms with van der Waals surface area (Å²) in [5.74, 6) is -1.15. The fraction of sp³-hybridized carbons (Fsp3) is 0.926. The number of ether oxygens (including phenoxy) is 3. The third-order valence-electron chi connectivity index (χ3n) is 8.38. The summed E-state index contributed by atoms with van der Waals surface area (Å²) in [6.07, 6.45) is 0.805. The first-order valence-corrected chi connectivity index (χ1v) is 13.1. The maximum absolute atomic E-state index is 13.8. The van der Waals surface area contributed by atoms with Crippen LogP contribution in [0.25, 0.3) is 0 Å². The predicted octanol–water partition coefficient (Wildman–Crippen LogP) is 2.61. The van der Waals surface area contributed by atoms with Crippen molar-refractivity contribution in [1.82, 2.24) is 9.80 Å². The van der Waals surface area contributed by atoms with E-state index in [4.69, 9.17) is 14.2 Å². The second kappa shape index (κ2) is 12.0. The number of carbonyl (C=O) groups excluding carboxylic acids is 2. The lowest BCUT2D eigenvalue weighted by Crippen LogP contribution is -2.56. The number of Topliss-reactive ketones (excluding diaryl/α,β-unsaturated/α-hetero) is 1. The molecule has 8 heteroatoms. The molecule has 0 aromatic carbocycles. The standard InChI is InChI=1S/C27H50N2O6/c1-17-15-27(6,33-10)20(14-22-23(30)21(28(7)8)13-18(2)35-22)19(3)24(31)26(4,5)25(32)34-12-11-29(9)16-17/h17-23,30H,11-16H2,1-10H3/t17-,18-,19-,20-,21+,22+,23-,27-/m1/s1. The minimum atomic E-state index is -1.28. The molecule has 8 nitrogen and oxygen atoms in total. The number of hydrogen-bond donors (Lipinski definition) is 1. The molecule has 0 bridgehead atoms. The zero-order valence-electron chi connectivity index (χ0n) is 23.7. The summed E-state index contributed by atoms with van der Waals surface area (Å²) in [6.45, 7) is 13.1. The number of cyclic esters (lactones) is 1. The van der Waals surface area contributed by atoms with Crippen molar-refractivity contribution < 1.29 is 28.9 Å². The molecular weight excluding hydrogens is 448 g/mol. The first kappa shape index (κ1) is 30.2. The van der Waals surface area contributed by atoms with Crippen molar-refractivity contribution in [2.45, 2.75) is 90.8 Å². The van der Waals surface area contributed by atoms with E-state index in [1.165, 1.54) is 0 Å². The highest BCUT2D eigenvalue weighted by atomic mass is 16.5. The van der Waals surface area contributed by atoms with Crippen molar-refractivity contribution in [3.8, 4) is 0 Å². The Kier molecular flexibility index (Phi) is 10.3. The lowest BCUT2D eigenvalue weighted by Gasteiger charge is -2.47. The monoisotopic (exact) mass is 498 g/mol. The van der Waals surface area contributed by atoms with Crippen LogP contribution in [0, 0.1) is 23.2 Å². The lowest BCUT2D eigenvalue weighted by molar-refractivity contribution is -0.173. The van der Waals surface area contributed by atoms with Crippen LogP contribution in [0.1, 0.15) is 60.8 Å². The summed E-state index contributed by atoms with van der Waals surface area (Å²) in [6, 6.07) is -0.0303. The summed E-state index contributed by atoms with van der Waals surface area (Å²) < 4.78 is 18.0. The highest BCUT2D eigenvalue weighted by Crippen LogP contribution is 2.42. The molecule has 0 saturated carbocycles. The number of aliphatic hydroxyl groups is 1. The SMILES string of the molecule is CO[C@]1(C)C[C@@H](C)CN(C)CCOC(=O)C(C)(C)C(=O)[C@H](C)[C@H]1C[C@@H]1O[C@H](C)C[C@H](N(C)C)[C@H]1O. The number of nitrogens with zero attached hydrogens (tertiary/aromatic N) is 2. The third-order valence-corrected chi connectivity index (χ3v) is 8.38. The Morgan fingerprint density at radius 3 is 2.37 bits per heavy atom. The van der Waals surface area contributed by atoms with Crippen LogP contribution >= 0.6 is 0 Å². The highest BCUT2D eigenvalue weighted by molar-refractivity contribution is 6.04. The molecule has 0 amide bonds. The molecule has 0 spiro atoms. The number of hydrogen-bond acceptors (Lipinski definition) is 8. The maximum Gasteiger partial charge on any atom is 0.319 e. The second-order valence-electron chi connectivity index (χ2n) is 12.1. The summed E-state index contributed by atoms with van der Waals surface area (Å²) in [7, 11) is 7.65. The van der Waals surface area contributed by atoms with Crippen LogP contribution in [-0.4, -0.2) is 105 Å². The van der Waals surface area contributed by atoms with Crippen LogP contribution in [0.5, 0.6) is 0 Å². The largest absolute Gasteiger partial charge is 0.464 e. The van der Waals surface area contributed by atoms with E-state index in [1.54, 1.807) is 21.0 Å². The van der Waals surface area contributed by atoms with E-state index in [2.05, 4.69) is 18.7 Å². The Hall–Kier alpha value is -1.06. The summed E-state index contributed by atoms with van der Waals surface area (Å²) >= 11 is 0. The van der Waals surface area contributed by atoms with Crippen molar-refractivity contribution in [3.05, 3.63) is 0 Å². The van der Waals surface area contributed by atoms with Crippen LogP contribution < -0.4 is 0 Å². The van der Waals surface area contributed by atoms with E-state index in [0.29, 0.717) is 13.0 Å². The maximum atomic E-state index is 13.8. The summed E-state index contributed by atoms with van der Waals surface area (Å²) in [5, 5.41) is 11.2. The number of ketones is 1. The van der Waals surface area contributed by atoms with E-state index < -0.39 is 35.1 Å². The van der Waals surface area contributed by atoms with Gasteiger partial charge in [0.05, 0.1) is 23.9 Å². The molecule has 2 rings (SSSR count). The molecule has 2 aliphatic heterocycles. The Morgan fingerprint density at radius 1 is 1.17 bits per heavy atom. The second-order valence-corrected chi connectivity index (χ2v) is 12.1. The molecule has 1 N–H and O–H groups in total. The first-order valence-electron chi connectivity index (χ1n) is 13.1. The predicted molar refractivity (Wildman–Crippen MR) is 136 cm³/mol. The number of methoxy groups -OCH3 is 1. The smallest absolute Gasteiger partial charge is 0.319 e. The molecule has 0 radical (unpaired) electrons. The van der Waals surface area contributed by atoms with E-state index in [1.807, 2.05) is 39.9 Å². The molecule has 0 aliphatic carbocycles. The number of likely N-dealkylation sites (N-methyl/N-ethyl adjacent to an activating group) is 2. The van der Waals surface area contributed by atoms with Gasteiger partial charge in [0, 0.05) is 32.2 Å². The molecule has 35 heavy (non-hydrogen) atoms. The van der Waals surface area contributed by atoms with Crippen LogP contribution in [0.4, 0.5) is 0 Å². The van der Waals surface area contributed by atoms with Crippen LogP contribution in [0.2, 0.25) is 0 Å². The van der Waals surface area contributed by atoms with Gasteiger partial charge in [-0.05, 0) is 79.9 Å². The number of carbonyl (C=O) groups is 2. The number of aliphatic hydroxyl groups excluding tert-OH is 1. The Balaban J connectivity index is 2.50. The molecule has 204 valence electrons. The molecule has 2 heterocycles. The van der Waals surface area contributed by atoms with Gasteiger partial charge in [0.1, 0.15) is 12.0 Å². The first-order chi connectivity index (χ1) is 16.1. The Labute approximate surface area is 212 Å². The van der Waals surface area contributed by atoms with Gasteiger partial charge in [-0.3, -0.25) is 9.59 Å². The average Bonchev–Trinajstić information content (AvgIpc) is 2.77. The quantitative estimate of drug-likeness (QED) is 0.468. The number of rotatable bonds is 4. The zero-order valence-corrected chi connectivity index (χ0v) is 23.7. The fourth-order valence-corrected chi connectivity index (χ4v) is 6.20. The molecule has 2 saturated heterocycles. The van der Waals surface area contributed by atoms with Crippen LogP contribution in [0.15, 0.2) is 0 Å². The molecule has 2 aliphatic rings. The topological polar surface area (TPSA) is 88.5 Å². The third kappa shape index (κ3) is 7.04. The lowest BCUT2D eigenvalue weighted by atomic mass is 9.67. The summed E-state index contributed by atoms with van der Waals surface area (Å²) in [5.41, 5.74) is -1.93. The Morgan fingerprint density at radius 2 is 1.80 bits per heavy atom. The van der Waals surface area contributed by atoms with E-state index in [-0.39, 0.29) is 36.4 Å². The van der Waals surface area contributed by atoms with Crippen molar-refractivity contribution in [2.75, 3.05) is 47.9 Å².